The fourth-order valence-electron chi connectivity index (χ4n) is 3.70. The molecule has 0 aliphatic carbocycles. The second-order valence-electron chi connectivity index (χ2n) is 6.43. The van der Waals surface area contributed by atoms with Gasteiger partial charge in [0.25, 0.3) is 0 Å². The Morgan fingerprint density at radius 2 is 1.92 bits per heavy atom. The number of hydrogen-bond acceptors (Lipinski definition) is 3. The van der Waals surface area contributed by atoms with Gasteiger partial charge in [0.1, 0.15) is 0 Å². The summed E-state index contributed by atoms with van der Waals surface area (Å²) in [5.74, 6) is 0.181. The van der Waals surface area contributed by atoms with Crippen LogP contribution in [0.25, 0.3) is 0 Å². The van der Waals surface area contributed by atoms with Crippen molar-refractivity contribution in [2.75, 3.05) is 33.2 Å². The molecule has 2 unspecified atom stereocenters. The number of likely N-dealkylation sites (tertiary alicyclic amines) is 1. The fraction of sp³-hybridized carbons (Fsp3) is 0.556. The number of hydrogen-bond donors (Lipinski definition) is 1. The van der Waals surface area contributed by atoms with Crippen LogP contribution in [-0.2, 0) is 9.59 Å². The predicted molar refractivity (Wildman–Crippen MR) is 96.0 cm³/mol. The molecule has 1 aromatic carbocycles. The minimum atomic E-state index is -0.152. The van der Waals surface area contributed by atoms with Gasteiger partial charge in [-0.3, -0.25) is 9.59 Å². The zero-order valence-electron chi connectivity index (χ0n) is 14.1. The molecule has 0 bridgehead atoms. The molecule has 2 saturated heterocycles. The largest absolute Gasteiger partial charge is 0.341 e. The molecule has 3 rings (SSSR count). The van der Waals surface area contributed by atoms with Crippen molar-refractivity contribution in [1.29, 1.82) is 0 Å². The number of amides is 2. The number of halogens is 1. The molecule has 2 aliphatic rings. The molecule has 6 heteroatoms. The Bertz CT molecular complexity index is 559. The molecule has 24 heavy (non-hydrogen) atoms. The number of carbonyl (C=O) groups excluding carboxylic acids is 2. The molecule has 0 radical (unpaired) electrons. The number of nitrogens with one attached hydrogen (secondary N) is 1. The Kier molecular flexibility index (Phi) is 6.63. The highest BCUT2D eigenvalue weighted by Crippen LogP contribution is 2.36. The van der Waals surface area contributed by atoms with Gasteiger partial charge in [-0.05, 0) is 24.9 Å². The van der Waals surface area contributed by atoms with Crippen molar-refractivity contribution in [3.05, 3.63) is 35.9 Å². The first kappa shape index (κ1) is 18.7. The molecule has 0 saturated carbocycles. The Hall–Kier alpha value is -1.59. The van der Waals surface area contributed by atoms with Crippen molar-refractivity contribution >= 4 is 24.2 Å². The van der Waals surface area contributed by atoms with E-state index in [1.54, 1.807) is 4.90 Å². The SMILES string of the molecule is CN1C(=O)CCC(C(=O)N2CCCNCC2)C1c1ccccc1.Cl. The van der Waals surface area contributed by atoms with Crippen LogP contribution < -0.4 is 5.32 Å². The summed E-state index contributed by atoms with van der Waals surface area (Å²) < 4.78 is 0. The number of rotatable bonds is 2. The molecule has 2 aliphatic heterocycles. The number of nitrogens with zero attached hydrogens (tertiary/aromatic N) is 2. The smallest absolute Gasteiger partial charge is 0.228 e. The lowest BCUT2D eigenvalue weighted by atomic mass is 9.83. The maximum absolute atomic E-state index is 13.1. The minimum Gasteiger partial charge on any atom is -0.341 e. The standard InChI is InChI=1S/C18H25N3O2.ClH/c1-20-16(22)9-8-15(17(20)14-6-3-2-4-7-14)18(23)21-12-5-10-19-11-13-21;/h2-4,6-7,15,17,19H,5,8-13H2,1H3;1H. The number of benzene rings is 1. The third-order valence-corrected chi connectivity index (χ3v) is 4.97. The van der Waals surface area contributed by atoms with Gasteiger partial charge < -0.3 is 15.1 Å². The molecule has 1 N–H and O–H groups in total. The van der Waals surface area contributed by atoms with Gasteiger partial charge in [-0.2, -0.15) is 0 Å². The van der Waals surface area contributed by atoms with E-state index in [0.717, 1.165) is 38.2 Å². The lowest BCUT2D eigenvalue weighted by Gasteiger charge is -2.40. The van der Waals surface area contributed by atoms with Gasteiger partial charge in [-0.15, -0.1) is 12.4 Å². The van der Waals surface area contributed by atoms with Crippen LogP contribution in [0.15, 0.2) is 30.3 Å². The van der Waals surface area contributed by atoms with E-state index < -0.39 is 0 Å². The topological polar surface area (TPSA) is 52.7 Å². The van der Waals surface area contributed by atoms with Crippen molar-refractivity contribution in [2.45, 2.75) is 25.3 Å². The first-order valence-corrected chi connectivity index (χ1v) is 8.48. The Balaban J connectivity index is 0.00000208. The molecule has 5 nitrogen and oxygen atoms in total. The summed E-state index contributed by atoms with van der Waals surface area (Å²) in [5.41, 5.74) is 1.05. The quantitative estimate of drug-likeness (QED) is 0.884. The zero-order valence-corrected chi connectivity index (χ0v) is 14.9. The van der Waals surface area contributed by atoms with E-state index >= 15 is 0 Å². The van der Waals surface area contributed by atoms with Gasteiger partial charge >= 0.3 is 0 Å². The van der Waals surface area contributed by atoms with Gasteiger partial charge in [-0.25, -0.2) is 0 Å². The molecular formula is C18H26ClN3O2. The van der Waals surface area contributed by atoms with Gasteiger partial charge in [0.2, 0.25) is 11.8 Å². The highest BCUT2D eigenvalue weighted by Gasteiger charge is 2.40. The summed E-state index contributed by atoms with van der Waals surface area (Å²) in [6.07, 6.45) is 2.09. The van der Waals surface area contributed by atoms with Gasteiger partial charge in [-0.1, -0.05) is 30.3 Å². The second kappa shape index (κ2) is 8.49. The van der Waals surface area contributed by atoms with E-state index in [4.69, 9.17) is 0 Å². The highest BCUT2D eigenvalue weighted by molar-refractivity contribution is 5.85. The van der Waals surface area contributed by atoms with Gasteiger partial charge in [0.15, 0.2) is 0 Å². The van der Waals surface area contributed by atoms with E-state index in [9.17, 15) is 9.59 Å². The maximum Gasteiger partial charge on any atom is 0.228 e. The minimum absolute atomic E-state index is 0. The molecule has 2 atom stereocenters. The predicted octanol–water partition coefficient (Wildman–Crippen LogP) is 1.84. The van der Waals surface area contributed by atoms with Crippen LogP contribution in [0.4, 0.5) is 0 Å². The summed E-state index contributed by atoms with van der Waals surface area (Å²) in [6, 6.07) is 9.79. The molecule has 2 heterocycles. The summed E-state index contributed by atoms with van der Waals surface area (Å²) in [5, 5.41) is 3.34. The van der Waals surface area contributed by atoms with Crippen LogP contribution >= 0.6 is 12.4 Å². The second-order valence-corrected chi connectivity index (χ2v) is 6.43. The van der Waals surface area contributed by atoms with Gasteiger partial charge in [0, 0.05) is 33.1 Å². The van der Waals surface area contributed by atoms with Crippen LogP contribution in [0.5, 0.6) is 0 Å². The zero-order chi connectivity index (χ0) is 16.2. The average molecular weight is 352 g/mol. The maximum atomic E-state index is 13.1. The molecule has 2 amide bonds. The van der Waals surface area contributed by atoms with Crippen molar-refractivity contribution in [2.24, 2.45) is 5.92 Å². The number of carbonyl (C=O) groups is 2. The third kappa shape index (κ3) is 3.90. The third-order valence-electron chi connectivity index (χ3n) is 4.97. The average Bonchev–Trinajstić information content (AvgIpc) is 2.86. The van der Waals surface area contributed by atoms with Crippen molar-refractivity contribution < 1.29 is 9.59 Å². The van der Waals surface area contributed by atoms with Crippen LogP contribution in [0.1, 0.15) is 30.9 Å². The van der Waals surface area contributed by atoms with E-state index in [-0.39, 0.29) is 36.2 Å². The number of piperidine rings is 1. The first-order chi connectivity index (χ1) is 11.2. The Labute approximate surface area is 149 Å². The fourth-order valence-corrected chi connectivity index (χ4v) is 3.70. The first-order valence-electron chi connectivity index (χ1n) is 8.48. The summed E-state index contributed by atoms with van der Waals surface area (Å²) >= 11 is 0. The van der Waals surface area contributed by atoms with Crippen LogP contribution in [0, 0.1) is 5.92 Å². The van der Waals surface area contributed by atoms with Crippen molar-refractivity contribution in [1.82, 2.24) is 15.1 Å². The molecule has 0 aromatic heterocycles. The summed E-state index contributed by atoms with van der Waals surface area (Å²) in [7, 11) is 1.82. The van der Waals surface area contributed by atoms with Crippen molar-refractivity contribution in [3.8, 4) is 0 Å². The lowest BCUT2D eigenvalue weighted by molar-refractivity contribution is -0.146. The summed E-state index contributed by atoms with van der Waals surface area (Å²) in [4.78, 5) is 29.0. The van der Waals surface area contributed by atoms with E-state index in [0.29, 0.717) is 12.8 Å². The lowest BCUT2D eigenvalue weighted by Crippen LogP contribution is -2.48. The molecular weight excluding hydrogens is 326 g/mol. The molecule has 132 valence electrons. The van der Waals surface area contributed by atoms with E-state index in [1.807, 2.05) is 42.3 Å². The molecule has 2 fully saturated rings. The van der Waals surface area contributed by atoms with E-state index in [2.05, 4.69) is 5.32 Å². The van der Waals surface area contributed by atoms with Crippen LogP contribution in [0.2, 0.25) is 0 Å². The summed E-state index contributed by atoms with van der Waals surface area (Å²) in [6.45, 7) is 3.38. The van der Waals surface area contributed by atoms with Crippen LogP contribution in [0.3, 0.4) is 0 Å². The van der Waals surface area contributed by atoms with Crippen LogP contribution in [-0.4, -0.2) is 54.8 Å². The highest BCUT2D eigenvalue weighted by atomic mass is 35.5. The Morgan fingerprint density at radius 3 is 2.67 bits per heavy atom. The normalized spacial score (nSPS) is 25.0. The van der Waals surface area contributed by atoms with Gasteiger partial charge in [0.05, 0.1) is 12.0 Å². The molecule has 1 aromatic rings. The molecule has 0 spiro atoms. The van der Waals surface area contributed by atoms with E-state index in [1.165, 1.54) is 0 Å². The van der Waals surface area contributed by atoms with Crippen molar-refractivity contribution in [3.63, 3.8) is 0 Å². The Morgan fingerprint density at radius 1 is 1.17 bits per heavy atom. The monoisotopic (exact) mass is 351 g/mol.